The summed E-state index contributed by atoms with van der Waals surface area (Å²) in [6.45, 7) is 2.93. The van der Waals surface area contributed by atoms with Crippen molar-refractivity contribution in [2.24, 2.45) is 5.73 Å². The molecule has 0 spiro atoms. The lowest BCUT2D eigenvalue weighted by Crippen LogP contribution is -2.45. The van der Waals surface area contributed by atoms with Crippen LogP contribution in [0.5, 0.6) is 0 Å². The molecule has 2 N–H and O–H groups in total. The highest BCUT2D eigenvalue weighted by Gasteiger charge is 2.32. The fourth-order valence-corrected chi connectivity index (χ4v) is 1.20. The molecule has 0 aromatic carbocycles. The second kappa shape index (κ2) is 6.30. The molecule has 0 saturated carbocycles. The number of hydrogen-bond acceptors (Lipinski definition) is 3. The van der Waals surface area contributed by atoms with E-state index in [0.717, 1.165) is 0 Å². The number of hydrogen-bond donors (Lipinski definition) is 1. The Hall–Kier alpha value is -0.330. The maximum absolute atomic E-state index is 12.2. The lowest BCUT2D eigenvalue weighted by molar-refractivity contribution is -0.152. The summed E-state index contributed by atoms with van der Waals surface area (Å²) in [5, 5.41) is 0. The van der Waals surface area contributed by atoms with Crippen LogP contribution in [0.15, 0.2) is 0 Å². The molecule has 1 unspecified atom stereocenters. The average molecular weight is 228 g/mol. The van der Waals surface area contributed by atoms with Crippen molar-refractivity contribution in [3.63, 3.8) is 0 Å². The zero-order valence-corrected chi connectivity index (χ0v) is 9.34. The van der Waals surface area contributed by atoms with Crippen molar-refractivity contribution >= 4 is 0 Å². The van der Waals surface area contributed by atoms with Crippen molar-refractivity contribution in [1.82, 2.24) is 4.90 Å². The molecule has 0 amide bonds. The molecule has 0 fully saturated rings. The zero-order chi connectivity index (χ0) is 12.1. The summed E-state index contributed by atoms with van der Waals surface area (Å²) in [5.74, 6) is 0. The van der Waals surface area contributed by atoms with E-state index < -0.39 is 12.7 Å². The number of alkyl halides is 3. The molecule has 3 nitrogen and oxygen atoms in total. The highest BCUT2D eigenvalue weighted by Crippen LogP contribution is 2.18. The van der Waals surface area contributed by atoms with Gasteiger partial charge in [0.2, 0.25) is 0 Å². The smallest absolute Gasteiger partial charge is 0.379 e. The standard InChI is InChI=1S/C9H19F3N2O/c1-7(2)14(6-9(10,11)12)5-8(4-13)15-3/h7-8H,4-6,13H2,1-3H3. The summed E-state index contributed by atoms with van der Waals surface area (Å²) in [5.41, 5.74) is 5.36. The molecule has 0 aromatic rings. The molecule has 0 aliphatic heterocycles. The number of halogens is 3. The quantitative estimate of drug-likeness (QED) is 0.743. The molecular weight excluding hydrogens is 209 g/mol. The third-order valence-electron chi connectivity index (χ3n) is 2.15. The van der Waals surface area contributed by atoms with E-state index in [9.17, 15) is 13.2 Å². The minimum Gasteiger partial charge on any atom is -0.379 e. The predicted molar refractivity (Wildman–Crippen MR) is 52.6 cm³/mol. The number of ether oxygens (including phenoxy) is 1. The predicted octanol–water partition coefficient (Wildman–Crippen LogP) is 1.23. The Kier molecular flexibility index (Phi) is 6.16. The summed E-state index contributed by atoms with van der Waals surface area (Å²) in [7, 11) is 1.45. The molecule has 0 radical (unpaired) electrons. The Labute approximate surface area is 88.4 Å². The van der Waals surface area contributed by atoms with Gasteiger partial charge in [-0.15, -0.1) is 0 Å². The summed E-state index contributed by atoms with van der Waals surface area (Å²) in [4.78, 5) is 1.31. The Morgan fingerprint density at radius 2 is 1.87 bits per heavy atom. The van der Waals surface area contributed by atoms with Crippen molar-refractivity contribution in [3.05, 3.63) is 0 Å². The van der Waals surface area contributed by atoms with Crippen LogP contribution in [0, 0.1) is 0 Å². The molecule has 0 saturated heterocycles. The number of nitrogens with two attached hydrogens (primary N) is 1. The first-order valence-corrected chi connectivity index (χ1v) is 4.83. The van der Waals surface area contributed by atoms with Crippen LogP contribution in [0.4, 0.5) is 13.2 Å². The second-order valence-corrected chi connectivity index (χ2v) is 3.73. The van der Waals surface area contributed by atoms with Crippen molar-refractivity contribution in [1.29, 1.82) is 0 Å². The average Bonchev–Trinajstić information content (AvgIpc) is 2.09. The monoisotopic (exact) mass is 228 g/mol. The molecule has 0 bridgehead atoms. The van der Waals surface area contributed by atoms with Crippen molar-refractivity contribution in [3.8, 4) is 0 Å². The summed E-state index contributed by atoms with van der Waals surface area (Å²) in [6, 6.07) is -0.184. The van der Waals surface area contributed by atoms with Crippen molar-refractivity contribution in [2.45, 2.75) is 32.2 Å². The van der Waals surface area contributed by atoms with Gasteiger partial charge in [0, 0.05) is 26.2 Å². The minimum atomic E-state index is -4.18. The van der Waals surface area contributed by atoms with Gasteiger partial charge in [-0.3, -0.25) is 4.90 Å². The van der Waals surface area contributed by atoms with E-state index in [2.05, 4.69) is 0 Å². The number of rotatable bonds is 6. The Balaban J connectivity index is 4.27. The molecule has 6 heteroatoms. The summed E-state index contributed by atoms with van der Waals surface area (Å²) < 4.78 is 41.6. The van der Waals surface area contributed by atoms with Crippen LogP contribution in [0.1, 0.15) is 13.8 Å². The van der Waals surface area contributed by atoms with Gasteiger partial charge in [0.25, 0.3) is 0 Å². The fraction of sp³-hybridized carbons (Fsp3) is 1.00. The van der Waals surface area contributed by atoms with Gasteiger partial charge >= 0.3 is 6.18 Å². The van der Waals surface area contributed by atoms with E-state index in [0.29, 0.717) is 0 Å². The molecule has 0 aliphatic carbocycles. The molecule has 0 rings (SSSR count). The van der Waals surface area contributed by atoms with Gasteiger partial charge in [-0.2, -0.15) is 13.2 Å². The van der Waals surface area contributed by atoms with E-state index in [1.165, 1.54) is 12.0 Å². The maximum Gasteiger partial charge on any atom is 0.401 e. The molecule has 1 atom stereocenters. The molecule has 0 heterocycles. The Morgan fingerprint density at radius 1 is 1.33 bits per heavy atom. The van der Waals surface area contributed by atoms with E-state index in [-0.39, 0.29) is 25.2 Å². The largest absolute Gasteiger partial charge is 0.401 e. The number of nitrogens with zero attached hydrogens (tertiary/aromatic N) is 1. The van der Waals surface area contributed by atoms with Crippen LogP contribution in [0.3, 0.4) is 0 Å². The summed E-state index contributed by atoms with van der Waals surface area (Å²) in [6.07, 6.45) is -4.54. The SMILES string of the molecule is COC(CN)CN(CC(F)(F)F)C(C)C. The first-order chi connectivity index (χ1) is 6.80. The van der Waals surface area contributed by atoms with Crippen molar-refractivity contribution in [2.75, 3.05) is 26.7 Å². The fourth-order valence-electron chi connectivity index (χ4n) is 1.20. The highest BCUT2D eigenvalue weighted by atomic mass is 19.4. The minimum absolute atomic E-state index is 0.184. The van der Waals surface area contributed by atoms with Gasteiger partial charge in [0.1, 0.15) is 0 Å². The molecule has 92 valence electrons. The third-order valence-corrected chi connectivity index (χ3v) is 2.15. The van der Waals surface area contributed by atoms with Crippen LogP contribution in [0.25, 0.3) is 0 Å². The van der Waals surface area contributed by atoms with Gasteiger partial charge in [0.05, 0.1) is 12.6 Å². The second-order valence-electron chi connectivity index (χ2n) is 3.73. The topological polar surface area (TPSA) is 38.5 Å². The summed E-state index contributed by atoms with van der Waals surface area (Å²) >= 11 is 0. The van der Waals surface area contributed by atoms with E-state index in [1.807, 2.05) is 0 Å². The van der Waals surface area contributed by atoms with Gasteiger partial charge < -0.3 is 10.5 Å². The van der Waals surface area contributed by atoms with Crippen LogP contribution in [-0.4, -0.2) is 50.0 Å². The lowest BCUT2D eigenvalue weighted by atomic mass is 10.2. The molecular formula is C9H19F3N2O. The zero-order valence-electron chi connectivity index (χ0n) is 9.34. The van der Waals surface area contributed by atoms with Gasteiger partial charge in [-0.05, 0) is 13.8 Å². The first-order valence-electron chi connectivity index (χ1n) is 4.83. The highest BCUT2D eigenvalue weighted by molar-refractivity contribution is 4.72. The molecule has 15 heavy (non-hydrogen) atoms. The van der Waals surface area contributed by atoms with Crippen LogP contribution in [0.2, 0.25) is 0 Å². The van der Waals surface area contributed by atoms with E-state index >= 15 is 0 Å². The molecule has 0 aliphatic rings. The maximum atomic E-state index is 12.2. The van der Waals surface area contributed by atoms with Gasteiger partial charge in [0.15, 0.2) is 0 Å². The first kappa shape index (κ1) is 14.7. The molecule has 0 aromatic heterocycles. The number of methoxy groups -OCH3 is 1. The lowest BCUT2D eigenvalue weighted by Gasteiger charge is -2.30. The van der Waals surface area contributed by atoms with Crippen LogP contribution in [-0.2, 0) is 4.74 Å². The van der Waals surface area contributed by atoms with E-state index in [1.54, 1.807) is 13.8 Å². The normalized spacial score (nSPS) is 15.0. The van der Waals surface area contributed by atoms with Crippen LogP contribution < -0.4 is 5.73 Å². The van der Waals surface area contributed by atoms with Crippen LogP contribution >= 0.6 is 0 Å². The Morgan fingerprint density at radius 3 is 2.13 bits per heavy atom. The van der Waals surface area contributed by atoms with Crippen molar-refractivity contribution < 1.29 is 17.9 Å². The third kappa shape index (κ3) is 6.70. The van der Waals surface area contributed by atoms with Gasteiger partial charge in [-0.25, -0.2) is 0 Å². The van der Waals surface area contributed by atoms with E-state index in [4.69, 9.17) is 10.5 Å². The Bertz CT molecular complexity index is 169. The van der Waals surface area contributed by atoms with Gasteiger partial charge in [-0.1, -0.05) is 0 Å².